The Labute approximate surface area is 266 Å². The summed E-state index contributed by atoms with van der Waals surface area (Å²) in [5.74, 6) is 3.21. The fourth-order valence-electron chi connectivity index (χ4n) is 10.7. The van der Waals surface area contributed by atoms with Crippen molar-refractivity contribution < 1.29 is 9.59 Å². The van der Waals surface area contributed by atoms with Crippen molar-refractivity contribution in [3.05, 3.63) is 12.2 Å². The van der Waals surface area contributed by atoms with E-state index in [4.69, 9.17) is 0 Å². The van der Waals surface area contributed by atoms with Crippen molar-refractivity contribution in [1.29, 1.82) is 0 Å². The number of fused-ring (bicyclic) bond motifs is 5. The maximum absolute atomic E-state index is 12.9. The summed E-state index contributed by atoms with van der Waals surface area (Å²) >= 11 is 0. The quantitative estimate of drug-likeness (QED) is 0.160. The molecule has 0 radical (unpaired) electrons. The van der Waals surface area contributed by atoms with Gasteiger partial charge in [-0.1, -0.05) is 117 Å². The van der Waals surface area contributed by atoms with Gasteiger partial charge in [0.15, 0.2) is 0 Å². The largest absolute Gasteiger partial charge is 0.353 e. The van der Waals surface area contributed by atoms with E-state index in [9.17, 15) is 9.59 Å². The average Bonchev–Trinajstić information content (AvgIpc) is 3.34. The number of nitrogens with zero attached hydrogens (tertiary/aromatic N) is 1. The fourth-order valence-corrected chi connectivity index (χ4v) is 10.7. The van der Waals surface area contributed by atoms with Crippen LogP contribution in [0.2, 0.25) is 0 Å². The van der Waals surface area contributed by atoms with Crippen LogP contribution in [0.4, 0.5) is 0 Å². The molecule has 3 saturated carbocycles. The zero-order chi connectivity index (χ0) is 30.9. The Morgan fingerprint density at radius 1 is 0.837 bits per heavy atom. The van der Waals surface area contributed by atoms with E-state index in [1.165, 1.54) is 122 Å². The summed E-state index contributed by atoms with van der Waals surface area (Å²) in [6, 6.07) is 0.617. The van der Waals surface area contributed by atoms with Gasteiger partial charge in [-0.15, -0.1) is 0 Å². The zero-order valence-electron chi connectivity index (χ0n) is 28.9. The SMILES string of the molecule is CCCCCCCCCCCCCCCCCC(=O)NC(C)[C@H]1CC[C@H]2[C@@H]3CCC4N(C)C(=O)C=C[C@]4(C)[C@H]3CC[C@]12C. The maximum Gasteiger partial charge on any atom is 0.246 e. The van der Waals surface area contributed by atoms with Crippen molar-refractivity contribution in [2.75, 3.05) is 7.05 Å². The first-order valence-electron chi connectivity index (χ1n) is 19.0. The molecule has 4 rings (SSSR count). The number of amides is 2. The van der Waals surface area contributed by atoms with Crippen LogP contribution in [0.3, 0.4) is 0 Å². The topological polar surface area (TPSA) is 49.4 Å². The summed E-state index contributed by atoms with van der Waals surface area (Å²) in [5.41, 5.74) is 0.434. The van der Waals surface area contributed by atoms with Gasteiger partial charge in [0.1, 0.15) is 0 Å². The molecule has 2 amide bonds. The Morgan fingerprint density at radius 2 is 1.42 bits per heavy atom. The van der Waals surface area contributed by atoms with Crippen molar-refractivity contribution in [2.45, 2.75) is 181 Å². The zero-order valence-corrected chi connectivity index (χ0v) is 28.9. The van der Waals surface area contributed by atoms with Crippen LogP contribution < -0.4 is 5.32 Å². The number of rotatable bonds is 18. The van der Waals surface area contributed by atoms with Crippen molar-refractivity contribution >= 4 is 11.8 Å². The van der Waals surface area contributed by atoms with E-state index in [0.29, 0.717) is 29.7 Å². The highest BCUT2D eigenvalue weighted by Gasteiger charge is 2.61. The van der Waals surface area contributed by atoms with Gasteiger partial charge in [-0.25, -0.2) is 0 Å². The number of hydrogen-bond acceptors (Lipinski definition) is 2. The molecule has 4 aliphatic rings. The Hall–Kier alpha value is -1.32. The molecule has 0 bridgehead atoms. The number of likely N-dealkylation sites (N-methyl/N-ethyl adjacent to an activating group) is 1. The van der Waals surface area contributed by atoms with Gasteiger partial charge in [0.05, 0.1) is 0 Å². The van der Waals surface area contributed by atoms with Crippen LogP contribution in [0, 0.1) is 34.5 Å². The third kappa shape index (κ3) is 8.29. The molecule has 43 heavy (non-hydrogen) atoms. The van der Waals surface area contributed by atoms with Gasteiger partial charge in [-0.2, -0.15) is 0 Å². The number of hydrogen-bond donors (Lipinski definition) is 1. The molecule has 0 aromatic heterocycles. The molecule has 0 saturated heterocycles. The van der Waals surface area contributed by atoms with Crippen LogP contribution in [0.15, 0.2) is 12.2 Å². The Morgan fingerprint density at radius 3 is 2.02 bits per heavy atom. The molecule has 8 atom stereocenters. The van der Waals surface area contributed by atoms with E-state index in [2.05, 4.69) is 39.1 Å². The molecule has 0 spiro atoms. The number of carbonyl (C=O) groups excluding carboxylic acids is 2. The van der Waals surface area contributed by atoms with Gasteiger partial charge in [-0.05, 0) is 87.0 Å². The normalized spacial score (nSPS) is 34.0. The lowest BCUT2D eigenvalue weighted by Gasteiger charge is -2.60. The third-order valence-corrected chi connectivity index (χ3v) is 13.2. The molecule has 246 valence electrons. The van der Waals surface area contributed by atoms with E-state index >= 15 is 0 Å². The van der Waals surface area contributed by atoms with Gasteiger partial charge in [0.2, 0.25) is 11.8 Å². The van der Waals surface area contributed by atoms with E-state index in [1.54, 1.807) is 0 Å². The van der Waals surface area contributed by atoms with Gasteiger partial charge in [-0.3, -0.25) is 9.59 Å². The molecule has 4 heteroatoms. The second kappa shape index (κ2) is 16.3. The second-order valence-electron chi connectivity index (χ2n) is 15.9. The molecule has 0 aromatic carbocycles. The minimum atomic E-state index is 0.109. The molecular weight excluding hydrogens is 528 g/mol. The Kier molecular flexibility index (Phi) is 13.1. The molecule has 3 fully saturated rings. The summed E-state index contributed by atoms with van der Waals surface area (Å²) < 4.78 is 0. The monoisotopic (exact) mass is 597 g/mol. The van der Waals surface area contributed by atoms with Crippen molar-refractivity contribution in [3.8, 4) is 0 Å². The lowest BCUT2D eigenvalue weighted by molar-refractivity contribution is -0.139. The van der Waals surface area contributed by atoms with Crippen molar-refractivity contribution in [3.63, 3.8) is 0 Å². The first-order chi connectivity index (χ1) is 20.7. The molecule has 1 aliphatic heterocycles. The summed E-state index contributed by atoms with van der Waals surface area (Å²) in [6.07, 6.45) is 32.7. The van der Waals surface area contributed by atoms with Crippen molar-refractivity contribution in [1.82, 2.24) is 10.2 Å². The molecule has 0 aromatic rings. The number of nitrogens with one attached hydrogen (secondary N) is 1. The molecular formula is C39H68N2O2. The van der Waals surface area contributed by atoms with Gasteiger partial charge in [0, 0.05) is 31.0 Å². The Bertz CT molecular complexity index is 915. The van der Waals surface area contributed by atoms with Gasteiger partial charge < -0.3 is 10.2 Å². The predicted molar refractivity (Wildman–Crippen MR) is 181 cm³/mol. The Balaban J connectivity index is 1.10. The highest BCUT2D eigenvalue weighted by atomic mass is 16.2. The van der Waals surface area contributed by atoms with E-state index in [-0.39, 0.29) is 23.3 Å². The first kappa shape index (κ1) is 34.6. The number of carbonyl (C=O) groups is 2. The molecule has 2 unspecified atom stereocenters. The molecule has 1 N–H and O–H groups in total. The lowest BCUT2D eigenvalue weighted by atomic mass is 9.47. The summed E-state index contributed by atoms with van der Waals surface area (Å²) in [5, 5.41) is 3.47. The standard InChI is InChI=1S/C39H68N2O2/c1-6-7-8-9-10-11-12-13-14-15-16-17-18-19-20-21-36(42)40-30(2)32-23-24-33-31-22-25-35-39(4,29-27-37(43)41(35)5)34(31)26-28-38(32,33)3/h27,29-35H,6-26,28H2,1-5H3,(H,40,42)/t30?,31-,32+,33-,34-,35?,38+,39+/m0/s1. The third-order valence-electron chi connectivity index (χ3n) is 13.2. The number of unbranched alkanes of at least 4 members (excludes halogenated alkanes) is 14. The van der Waals surface area contributed by atoms with Crippen LogP contribution >= 0.6 is 0 Å². The van der Waals surface area contributed by atoms with E-state index in [0.717, 1.165) is 24.7 Å². The average molecular weight is 597 g/mol. The maximum atomic E-state index is 12.9. The second-order valence-corrected chi connectivity index (χ2v) is 15.9. The van der Waals surface area contributed by atoms with Crippen molar-refractivity contribution in [2.24, 2.45) is 34.5 Å². The minimum Gasteiger partial charge on any atom is -0.353 e. The van der Waals surface area contributed by atoms with Crippen LogP contribution in [-0.4, -0.2) is 35.8 Å². The highest BCUT2D eigenvalue weighted by molar-refractivity contribution is 5.89. The van der Waals surface area contributed by atoms with Crippen LogP contribution in [0.5, 0.6) is 0 Å². The molecule has 1 heterocycles. The fraction of sp³-hybridized carbons (Fsp3) is 0.897. The smallest absolute Gasteiger partial charge is 0.246 e. The molecule has 3 aliphatic carbocycles. The van der Waals surface area contributed by atoms with Crippen LogP contribution in [-0.2, 0) is 9.59 Å². The van der Waals surface area contributed by atoms with Crippen LogP contribution in [0.1, 0.15) is 169 Å². The highest BCUT2D eigenvalue weighted by Crippen LogP contribution is 2.65. The first-order valence-corrected chi connectivity index (χ1v) is 19.0. The van der Waals surface area contributed by atoms with Crippen LogP contribution in [0.25, 0.3) is 0 Å². The lowest BCUT2D eigenvalue weighted by Crippen LogP contribution is -2.60. The summed E-state index contributed by atoms with van der Waals surface area (Å²) in [7, 11) is 2.01. The van der Waals surface area contributed by atoms with E-state index < -0.39 is 0 Å². The van der Waals surface area contributed by atoms with Gasteiger partial charge in [0.25, 0.3) is 0 Å². The van der Waals surface area contributed by atoms with E-state index in [1.807, 2.05) is 18.0 Å². The van der Waals surface area contributed by atoms with Gasteiger partial charge >= 0.3 is 0 Å². The predicted octanol–water partition coefficient (Wildman–Crippen LogP) is 10.0. The minimum absolute atomic E-state index is 0.109. The molecule has 4 nitrogen and oxygen atoms in total. The summed E-state index contributed by atoms with van der Waals surface area (Å²) in [6.45, 7) is 9.57. The summed E-state index contributed by atoms with van der Waals surface area (Å²) in [4.78, 5) is 27.4.